The lowest BCUT2D eigenvalue weighted by Gasteiger charge is -2.18. The van der Waals surface area contributed by atoms with Crippen molar-refractivity contribution >= 4 is 44.3 Å². The Bertz CT molecular complexity index is 701. The SMILES string of the molecule is COC(=O)c1ccc(S(=O)(=O)N2C[C@H]3CNC[C@H]3C2)c(Br)c1.Cl. The van der Waals surface area contributed by atoms with Crippen LogP contribution in [0.2, 0.25) is 0 Å². The molecule has 128 valence electrons. The maximum atomic E-state index is 12.8. The topological polar surface area (TPSA) is 75.7 Å². The predicted octanol–water partition coefficient (Wildman–Crippen LogP) is 1.50. The molecule has 6 nitrogen and oxygen atoms in total. The minimum atomic E-state index is -3.55. The highest BCUT2D eigenvalue weighted by molar-refractivity contribution is 9.10. The van der Waals surface area contributed by atoms with Gasteiger partial charge in [0.15, 0.2) is 0 Å². The molecular formula is C14H18BrClN2O4S. The normalized spacial score (nSPS) is 24.1. The molecule has 2 fully saturated rings. The molecule has 1 aromatic rings. The van der Waals surface area contributed by atoms with E-state index in [1.54, 1.807) is 4.31 Å². The summed E-state index contributed by atoms with van der Waals surface area (Å²) >= 11 is 3.26. The summed E-state index contributed by atoms with van der Waals surface area (Å²) in [4.78, 5) is 11.7. The molecule has 23 heavy (non-hydrogen) atoms. The lowest BCUT2D eigenvalue weighted by atomic mass is 10.0. The van der Waals surface area contributed by atoms with E-state index in [4.69, 9.17) is 0 Å². The first kappa shape index (κ1) is 18.7. The quantitative estimate of drug-likeness (QED) is 0.743. The molecule has 0 amide bonds. The van der Waals surface area contributed by atoms with Crippen molar-refractivity contribution in [3.8, 4) is 0 Å². The van der Waals surface area contributed by atoms with Gasteiger partial charge in [0.1, 0.15) is 0 Å². The summed E-state index contributed by atoms with van der Waals surface area (Å²) in [5.74, 6) is 0.289. The van der Waals surface area contributed by atoms with Crippen molar-refractivity contribution in [2.75, 3.05) is 33.3 Å². The molecule has 0 saturated carbocycles. The van der Waals surface area contributed by atoms with Crippen LogP contribution in [-0.2, 0) is 14.8 Å². The van der Waals surface area contributed by atoms with E-state index in [0.29, 0.717) is 35.0 Å². The largest absolute Gasteiger partial charge is 0.465 e. The Labute approximate surface area is 150 Å². The Hall–Kier alpha value is -0.670. The number of nitrogens with one attached hydrogen (secondary N) is 1. The van der Waals surface area contributed by atoms with Gasteiger partial charge in [-0.15, -0.1) is 12.4 Å². The lowest BCUT2D eigenvalue weighted by Crippen LogP contribution is -2.32. The van der Waals surface area contributed by atoms with E-state index >= 15 is 0 Å². The van der Waals surface area contributed by atoms with Crippen LogP contribution in [0.4, 0.5) is 0 Å². The number of nitrogens with zero attached hydrogens (tertiary/aromatic N) is 1. The molecule has 0 aromatic heterocycles. The number of rotatable bonds is 3. The van der Waals surface area contributed by atoms with Crippen molar-refractivity contribution in [2.45, 2.75) is 4.90 Å². The first-order chi connectivity index (χ1) is 10.4. The predicted molar refractivity (Wildman–Crippen MR) is 91.3 cm³/mol. The zero-order valence-corrected chi connectivity index (χ0v) is 15.7. The molecule has 2 atom stereocenters. The molecule has 1 N–H and O–H groups in total. The molecule has 2 saturated heterocycles. The highest BCUT2D eigenvalue weighted by atomic mass is 79.9. The third-order valence-corrected chi connectivity index (χ3v) is 7.14. The Kier molecular flexibility index (Phi) is 5.73. The summed E-state index contributed by atoms with van der Waals surface area (Å²) in [7, 11) is -2.26. The third-order valence-electron chi connectivity index (χ3n) is 4.33. The van der Waals surface area contributed by atoms with Crippen molar-refractivity contribution in [3.63, 3.8) is 0 Å². The van der Waals surface area contributed by atoms with E-state index in [1.165, 1.54) is 25.3 Å². The highest BCUT2D eigenvalue weighted by Gasteiger charge is 2.42. The zero-order chi connectivity index (χ0) is 15.9. The third kappa shape index (κ3) is 3.41. The number of carbonyl (C=O) groups excluding carboxylic acids is 1. The lowest BCUT2D eigenvalue weighted by molar-refractivity contribution is 0.0600. The Balaban J connectivity index is 0.00000192. The molecular weight excluding hydrogens is 408 g/mol. The number of sulfonamides is 1. The number of halogens is 2. The van der Waals surface area contributed by atoms with Gasteiger partial charge in [-0.3, -0.25) is 0 Å². The number of methoxy groups -OCH3 is 1. The molecule has 2 aliphatic heterocycles. The van der Waals surface area contributed by atoms with Crippen LogP contribution in [0.25, 0.3) is 0 Å². The fraction of sp³-hybridized carbons (Fsp3) is 0.500. The molecule has 3 rings (SSSR count). The second-order valence-electron chi connectivity index (χ2n) is 5.64. The van der Waals surface area contributed by atoms with E-state index in [2.05, 4.69) is 26.0 Å². The first-order valence-electron chi connectivity index (χ1n) is 7.02. The molecule has 2 heterocycles. The van der Waals surface area contributed by atoms with E-state index < -0.39 is 16.0 Å². The van der Waals surface area contributed by atoms with E-state index in [0.717, 1.165) is 13.1 Å². The maximum Gasteiger partial charge on any atom is 0.337 e. The average Bonchev–Trinajstić information content (AvgIpc) is 3.07. The molecule has 0 spiro atoms. The molecule has 0 radical (unpaired) electrons. The van der Waals surface area contributed by atoms with E-state index in [9.17, 15) is 13.2 Å². The van der Waals surface area contributed by atoms with Gasteiger partial charge in [0.25, 0.3) is 0 Å². The highest BCUT2D eigenvalue weighted by Crippen LogP contribution is 2.33. The second kappa shape index (κ2) is 7.06. The van der Waals surface area contributed by atoms with Gasteiger partial charge in [-0.2, -0.15) is 4.31 Å². The van der Waals surface area contributed by atoms with E-state index in [1.807, 2.05) is 0 Å². The number of esters is 1. The smallest absolute Gasteiger partial charge is 0.337 e. The number of carbonyl (C=O) groups is 1. The monoisotopic (exact) mass is 424 g/mol. The summed E-state index contributed by atoms with van der Waals surface area (Å²) in [5.41, 5.74) is 0.316. The average molecular weight is 426 g/mol. The fourth-order valence-corrected chi connectivity index (χ4v) is 5.69. The minimum Gasteiger partial charge on any atom is -0.465 e. The van der Waals surface area contributed by atoms with Crippen molar-refractivity contribution in [3.05, 3.63) is 28.2 Å². The molecule has 1 aromatic carbocycles. The van der Waals surface area contributed by atoms with Crippen LogP contribution >= 0.6 is 28.3 Å². The number of benzene rings is 1. The van der Waals surface area contributed by atoms with Crippen LogP contribution in [0, 0.1) is 11.8 Å². The Morgan fingerprint density at radius 3 is 2.43 bits per heavy atom. The molecule has 0 bridgehead atoms. The van der Waals surface area contributed by atoms with Gasteiger partial charge in [0.2, 0.25) is 10.0 Å². The van der Waals surface area contributed by atoms with Gasteiger partial charge in [0.05, 0.1) is 17.6 Å². The van der Waals surface area contributed by atoms with Gasteiger partial charge in [-0.05, 0) is 59.1 Å². The van der Waals surface area contributed by atoms with E-state index in [-0.39, 0.29) is 17.3 Å². The van der Waals surface area contributed by atoms with Crippen LogP contribution < -0.4 is 5.32 Å². The van der Waals surface area contributed by atoms with Crippen molar-refractivity contribution in [2.24, 2.45) is 11.8 Å². The minimum absolute atomic E-state index is 0. The maximum absolute atomic E-state index is 12.8. The van der Waals surface area contributed by atoms with Crippen molar-refractivity contribution in [1.82, 2.24) is 9.62 Å². The second-order valence-corrected chi connectivity index (χ2v) is 8.40. The van der Waals surface area contributed by atoms with Gasteiger partial charge in [0, 0.05) is 17.6 Å². The molecule has 9 heteroatoms. The summed E-state index contributed by atoms with van der Waals surface area (Å²) in [5, 5.41) is 3.29. The van der Waals surface area contributed by atoms with Gasteiger partial charge >= 0.3 is 5.97 Å². The fourth-order valence-electron chi connectivity index (χ4n) is 3.10. The number of ether oxygens (including phenoxy) is 1. The zero-order valence-electron chi connectivity index (χ0n) is 12.5. The molecule has 0 unspecified atom stereocenters. The van der Waals surface area contributed by atoms with Crippen LogP contribution in [-0.4, -0.2) is 52.0 Å². The Morgan fingerprint density at radius 1 is 1.30 bits per heavy atom. The molecule has 0 aliphatic carbocycles. The number of hydrogen-bond acceptors (Lipinski definition) is 5. The number of hydrogen-bond donors (Lipinski definition) is 1. The molecule has 2 aliphatic rings. The van der Waals surface area contributed by atoms with Crippen molar-refractivity contribution < 1.29 is 17.9 Å². The summed E-state index contributed by atoms with van der Waals surface area (Å²) < 4.78 is 32.2. The van der Waals surface area contributed by atoms with Crippen LogP contribution in [0.5, 0.6) is 0 Å². The Morgan fingerprint density at radius 2 is 1.91 bits per heavy atom. The van der Waals surface area contributed by atoms with Crippen LogP contribution in [0.1, 0.15) is 10.4 Å². The summed E-state index contributed by atoms with van der Waals surface area (Å²) in [6.45, 7) is 2.84. The van der Waals surface area contributed by atoms with Crippen LogP contribution in [0.3, 0.4) is 0 Å². The standard InChI is InChI=1S/C14H17BrN2O4S.ClH/c1-21-14(18)9-2-3-13(12(15)4-9)22(19,20)17-7-10-5-16-6-11(10)8-17;/h2-4,10-11,16H,5-8H2,1H3;1H/t10-,11+;. The number of fused-ring (bicyclic) bond motifs is 1. The first-order valence-corrected chi connectivity index (χ1v) is 9.25. The van der Waals surface area contributed by atoms with Crippen LogP contribution in [0.15, 0.2) is 27.6 Å². The van der Waals surface area contributed by atoms with Gasteiger partial charge in [-0.1, -0.05) is 0 Å². The van der Waals surface area contributed by atoms with Gasteiger partial charge < -0.3 is 10.1 Å². The summed E-state index contributed by atoms with van der Waals surface area (Å²) in [6, 6.07) is 4.41. The summed E-state index contributed by atoms with van der Waals surface area (Å²) in [6.07, 6.45) is 0. The van der Waals surface area contributed by atoms with Crippen molar-refractivity contribution in [1.29, 1.82) is 0 Å². The van der Waals surface area contributed by atoms with Gasteiger partial charge in [-0.25, -0.2) is 13.2 Å².